The van der Waals surface area contributed by atoms with Crippen molar-refractivity contribution >= 4 is 51.9 Å². The molecule has 1 amide bonds. The van der Waals surface area contributed by atoms with Crippen LogP contribution in [0.15, 0.2) is 10.8 Å². The van der Waals surface area contributed by atoms with Gasteiger partial charge < -0.3 is 0 Å². The zero-order chi connectivity index (χ0) is 11.7. The van der Waals surface area contributed by atoms with Crippen molar-refractivity contribution in [3.05, 3.63) is 16.0 Å². The van der Waals surface area contributed by atoms with Crippen molar-refractivity contribution in [3.8, 4) is 0 Å². The average Bonchev–Trinajstić information content (AvgIpc) is 2.60. The van der Waals surface area contributed by atoms with Crippen molar-refractivity contribution in [1.82, 2.24) is 9.97 Å². The van der Waals surface area contributed by atoms with E-state index in [4.69, 9.17) is 11.6 Å². The van der Waals surface area contributed by atoms with E-state index in [2.05, 4.69) is 38.5 Å². The third kappa shape index (κ3) is 2.33. The first kappa shape index (κ1) is 12.1. The lowest BCUT2D eigenvalue weighted by atomic mass is 10.1. The summed E-state index contributed by atoms with van der Waals surface area (Å²) in [5, 5.41) is 0.299. The molecule has 0 saturated carbocycles. The minimum Gasteiger partial charge on any atom is -0.294 e. The van der Waals surface area contributed by atoms with Gasteiger partial charge in [0.2, 0.25) is 5.91 Å². The van der Waals surface area contributed by atoms with E-state index in [-0.39, 0.29) is 11.8 Å². The van der Waals surface area contributed by atoms with Crippen LogP contribution in [0.5, 0.6) is 0 Å². The van der Waals surface area contributed by atoms with Gasteiger partial charge in [0.05, 0.1) is 6.20 Å². The fourth-order valence-corrected chi connectivity index (χ4v) is 2.62. The van der Waals surface area contributed by atoms with Crippen LogP contribution in [0, 0.1) is 5.92 Å². The molecule has 16 heavy (non-hydrogen) atoms. The third-order valence-electron chi connectivity index (χ3n) is 2.40. The van der Waals surface area contributed by atoms with Crippen LogP contribution in [0.25, 0.3) is 0 Å². The van der Waals surface area contributed by atoms with Crippen LogP contribution >= 0.6 is 40.2 Å². The standard InChI is InChI=1S/C9H9BrClN3OS/c10-8-9(12-2-6(11)13-8)14-3-5(4-16)1-7(14)15/h2,5,16H,1,3-4H2. The molecule has 1 aliphatic rings. The predicted molar refractivity (Wildman–Crippen MR) is 69.1 cm³/mol. The molecule has 0 radical (unpaired) electrons. The van der Waals surface area contributed by atoms with Crippen molar-refractivity contribution in [1.29, 1.82) is 0 Å². The highest BCUT2D eigenvalue weighted by atomic mass is 79.9. The van der Waals surface area contributed by atoms with E-state index in [0.717, 1.165) is 0 Å². The fraction of sp³-hybridized carbons (Fsp3) is 0.444. The summed E-state index contributed by atoms with van der Waals surface area (Å²) in [4.78, 5) is 21.5. The second kappa shape index (κ2) is 4.89. The number of aromatic nitrogens is 2. The van der Waals surface area contributed by atoms with Crippen molar-refractivity contribution < 1.29 is 4.79 Å². The zero-order valence-electron chi connectivity index (χ0n) is 8.23. The number of rotatable bonds is 2. The number of carbonyl (C=O) groups excluding carboxylic acids is 1. The topological polar surface area (TPSA) is 46.1 Å². The lowest BCUT2D eigenvalue weighted by molar-refractivity contribution is -0.117. The van der Waals surface area contributed by atoms with Crippen LogP contribution in [0.4, 0.5) is 5.82 Å². The molecular formula is C9H9BrClN3OS. The summed E-state index contributed by atoms with van der Waals surface area (Å²) in [6, 6.07) is 0. The van der Waals surface area contributed by atoms with Gasteiger partial charge in [-0.25, -0.2) is 9.97 Å². The largest absolute Gasteiger partial charge is 0.294 e. The number of anilines is 1. The molecule has 4 nitrogen and oxygen atoms in total. The quantitative estimate of drug-likeness (QED) is 0.849. The van der Waals surface area contributed by atoms with E-state index in [1.165, 1.54) is 6.20 Å². The maximum Gasteiger partial charge on any atom is 0.228 e. The highest BCUT2D eigenvalue weighted by Crippen LogP contribution is 2.29. The van der Waals surface area contributed by atoms with E-state index in [9.17, 15) is 4.79 Å². The van der Waals surface area contributed by atoms with Gasteiger partial charge in [0.25, 0.3) is 0 Å². The normalized spacial score (nSPS) is 20.6. The molecule has 0 bridgehead atoms. The van der Waals surface area contributed by atoms with Crippen LogP contribution in [0.1, 0.15) is 6.42 Å². The number of hydrogen-bond acceptors (Lipinski definition) is 4. The molecule has 1 unspecified atom stereocenters. The molecule has 2 rings (SSSR count). The van der Waals surface area contributed by atoms with Crippen LogP contribution in [0.3, 0.4) is 0 Å². The van der Waals surface area contributed by atoms with Crippen LogP contribution in [-0.2, 0) is 4.79 Å². The molecule has 0 N–H and O–H groups in total. The van der Waals surface area contributed by atoms with Gasteiger partial charge in [-0.15, -0.1) is 0 Å². The lowest BCUT2D eigenvalue weighted by Crippen LogP contribution is -2.26. The van der Waals surface area contributed by atoms with E-state index in [1.807, 2.05) is 0 Å². The second-order valence-corrected chi connectivity index (χ2v) is 5.07. The summed E-state index contributed by atoms with van der Waals surface area (Å²) in [5.74, 6) is 1.55. The van der Waals surface area contributed by atoms with E-state index < -0.39 is 0 Å². The molecule has 1 aliphatic heterocycles. The first-order valence-electron chi connectivity index (χ1n) is 4.71. The summed E-state index contributed by atoms with van der Waals surface area (Å²) in [6.07, 6.45) is 1.95. The molecule has 0 spiro atoms. The molecule has 1 aromatic rings. The van der Waals surface area contributed by atoms with Gasteiger partial charge in [0.1, 0.15) is 5.15 Å². The highest BCUT2D eigenvalue weighted by Gasteiger charge is 2.31. The third-order valence-corrected chi connectivity index (χ3v) is 3.63. The fourth-order valence-electron chi connectivity index (χ4n) is 1.63. The predicted octanol–water partition coefficient (Wildman–Crippen LogP) is 2.18. The molecule has 0 aliphatic carbocycles. The number of carbonyl (C=O) groups is 1. The molecule has 1 fully saturated rings. The van der Waals surface area contributed by atoms with Crippen molar-refractivity contribution in [2.75, 3.05) is 17.2 Å². The van der Waals surface area contributed by atoms with Crippen LogP contribution in [0.2, 0.25) is 5.15 Å². The van der Waals surface area contributed by atoms with Gasteiger partial charge in [-0.05, 0) is 27.6 Å². The number of amides is 1. The van der Waals surface area contributed by atoms with E-state index in [1.54, 1.807) is 4.90 Å². The molecule has 1 saturated heterocycles. The van der Waals surface area contributed by atoms with Crippen molar-refractivity contribution in [3.63, 3.8) is 0 Å². The maximum absolute atomic E-state index is 11.8. The average molecular weight is 323 g/mol. The van der Waals surface area contributed by atoms with Crippen LogP contribution in [-0.4, -0.2) is 28.2 Å². The Hall–Kier alpha value is -0.330. The number of thiol groups is 1. The molecule has 7 heteroatoms. The minimum atomic E-state index is 0.0522. The Balaban J connectivity index is 2.28. The maximum atomic E-state index is 11.8. The monoisotopic (exact) mass is 321 g/mol. The van der Waals surface area contributed by atoms with Gasteiger partial charge in [-0.3, -0.25) is 9.69 Å². The summed E-state index contributed by atoms with van der Waals surface area (Å²) in [7, 11) is 0. The number of hydrogen-bond donors (Lipinski definition) is 1. The summed E-state index contributed by atoms with van der Waals surface area (Å²) in [5.41, 5.74) is 0. The Kier molecular flexibility index (Phi) is 3.71. The summed E-state index contributed by atoms with van der Waals surface area (Å²) in [6.45, 7) is 0.636. The van der Waals surface area contributed by atoms with Gasteiger partial charge in [0, 0.05) is 13.0 Å². The van der Waals surface area contributed by atoms with Gasteiger partial charge in [-0.2, -0.15) is 12.6 Å². The van der Waals surface area contributed by atoms with Gasteiger partial charge >= 0.3 is 0 Å². The Morgan fingerprint density at radius 1 is 1.69 bits per heavy atom. The molecule has 86 valence electrons. The van der Waals surface area contributed by atoms with Gasteiger partial charge in [0.15, 0.2) is 10.4 Å². The number of halogens is 2. The Morgan fingerprint density at radius 3 is 3.00 bits per heavy atom. The lowest BCUT2D eigenvalue weighted by Gasteiger charge is -2.15. The van der Waals surface area contributed by atoms with Crippen molar-refractivity contribution in [2.45, 2.75) is 6.42 Å². The Bertz CT molecular complexity index is 431. The number of nitrogens with zero attached hydrogens (tertiary/aromatic N) is 3. The Morgan fingerprint density at radius 2 is 2.44 bits per heavy atom. The Labute approximate surface area is 112 Å². The summed E-state index contributed by atoms with van der Waals surface area (Å²) >= 11 is 13.2. The van der Waals surface area contributed by atoms with E-state index in [0.29, 0.717) is 34.3 Å². The SMILES string of the molecule is O=C1CC(CS)CN1c1ncc(Cl)nc1Br. The molecule has 2 heterocycles. The first-order valence-corrected chi connectivity index (χ1v) is 6.51. The van der Waals surface area contributed by atoms with E-state index >= 15 is 0 Å². The van der Waals surface area contributed by atoms with Crippen molar-refractivity contribution in [2.24, 2.45) is 5.92 Å². The smallest absolute Gasteiger partial charge is 0.228 e. The molecule has 0 aromatic carbocycles. The zero-order valence-corrected chi connectivity index (χ0v) is 11.5. The molecular weight excluding hydrogens is 314 g/mol. The van der Waals surface area contributed by atoms with Crippen LogP contribution < -0.4 is 4.90 Å². The first-order chi connectivity index (χ1) is 7.61. The minimum absolute atomic E-state index is 0.0522. The van der Waals surface area contributed by atoms with Gasteiger partial charge in [-0.1, -0.05) is 11.6 Å². The molecule has 1 aromatic heterocycles. The highest BCUT2D eigenvalue weighted by molar-refractivity contribution is 9.10. The molecule has 1 atom stereocenters. The second-order valence-electron chi connectivity index (χ2n) is 3.56. The summed E-state index contributed by atoms with van der Waals surface area (Å²) < 4.78 is 0.494.